The van der Waals surface area contributed by atoms with Gasteiger partial charge < -0.3 is 10.1 Å². The number of amides is 1. The van der Waals surface area contributed by atoms with Gasteiger partial charge in [0, 0.05) is 18.8 Å². The lowest BCUT2D eigenvalue weighted by Gasteiger charge is -2.03. The SMILES string of the molecule is CCCC(=O)NCCOCCCl. The van der Waals surface area contributed by atoms with Gasteiger partial charge in [0.05, 0.1) is 13.2 Å². The fourth-order valence-corrected chi connectivity index (χ4v) is 0.844. The zero-order chi connectivity index (χ0) is 9.23. The predicted octanol–water partition coefficient (Wildman–Crippen LogP) is 1.16. The first kappa shape index (κ1) is 11.7. The standard InChI is InChI=1S/C8H16ClNO2/c1-2-3-8(11)10-5-7-12-6-4-9/h2-7H2,1H3,(H,10,11). The smallest absolute Gasteiger partial charge is 0.220 e. The summed E-state index contributed by atoms with van der Waals surface area (Å²) in [5.74, 6) is 0.593. The second kappa shape index (κ2) is 8.81. The number of hydrogen-bond acceptors (Lipinski definition) is 2. The van der Waals surface area contributed by atoms with Crippen LogP contribution < -0.4 is 5.32 Å². The van der Waals surface area contributed by atoms with E-state index in [0.717, 1.165) is 6.42 Å². The van der Waals surface area contributed by atoms with E-state index < -0.39 is 0 Å². The van der Waals surface area contributed by atoms with Crippen LogP contribution in [0.2, 0.25) is 0 Å². The van der Waals surface area contributed by atoms with Gasteiger partial charge in [0.15, 0.2) is 0 Å². The molecule has 0 aliphatic heterocycles. The Morgan fingerprint density at radius 2 is 2.25 bits per heavy atom. The molecule has 0 fully saturated rings. The van der Waals surface area contributed by atoms with Crippen LogP contribution in [0.5, 0.6) is 0 Å². The second-order valence-electron chi connectivity index (χ2n) is 2.40. The summed E-state index contributed by atoms with van der Waals surface area (Å²) >= 11 is 5.38. The number of alkyl halides is 1. The summed E-state index contributed by atoms with van der Waals surface area (Å²) in [6, 6.07) is 0. The Labute approximate surface area is 78.4 Å². The highest BCUT2D eigenvalue weighted by Gasteiger charge is 1.96. The van der Waals surface area contributed by atoms with Gasteiger partial charge in [0.2, 0.25) is 5.91 Å². The Balaban J connectivity index is 3.03. The lowest BCUT2D eigenvalue weighted by Crippen LogP contribution is -2.26. The summed E-state index contributed by atoms with van der Waals surface area (Å²) in [6.07, 6.45) is 1.48. The van der Waals surface area contributed by atoms with Gasteiger partial charge in [0.25, 0.3) is 0 Å². The lowest BCUT2D eigenvalue weighted by atomic mass is 10.3. The molecule has 0 bridgehead atoms. The van der Waals surface area contributed by atoms with E-state index in [1.807, 2.05) is 6.92 Å². The van der Waals surface area contributed by atoms with Crippen molar-refractivity contribution in [2.24, 2.45) is 0 Å². The molecule has 0 rings (SSSR count). The van der Waals surface area contributed by atoms with Crippen molar-refractivity contribution in [3.8, 4) is 0 Å². The molecule has 0 radical (unpaired) electrons. The number of carbonyl (C=O) groups is 1. The minimum atomic E-state index is 0.0898. The Bertz CT molecular complexity index is 120. The van der Waals surface area contributed by atoms with E-state index in [-0.39, 0.29) is 5.91 Å². The third-order valence-corrected chi connectivity index (χ3v) is 1.42. The average molecular weight is 194 g/mol. The molecule has 0 heterocycles. The first-order valence-electron chi connectivity index (χ1n) is 4.21. The molecule has 3 nitrogen and oxygen atoms in total. The summed E-state index contributed by atoms with van der Waals surface area (Å²) in [5.41, 5.74) is 0. The maximum atomic E-state index is 10.9. The molecule has 4 heteroatoms. The normalized spacial score (nSPS) is 9.83. The van der Waals surface area contributed by atoms with Gasteiger partial charge in [-0.1, -0.05) is 6.92 Å². The highest BCUT2D eigenvalue weighted by Crippen LogP contribution is 1.85. The number of carbonyl (C=O) groups excluding carboxylic acids is 1. The summed E-state index contributed by atoms with van der Waals surface area (Å²) in [4.78, 5) is 10.9. The molecule has 0 saturated carbocycles. The van der Waals surface area contributed by atoms with Crippen molar-refractivity contribution >= 4 is 17.5 Å². The molecule has 0 aromatic heterocycles. The molecule has 0 aliphatic carbocycles. The number of rotatable bonds is 7. The maximum Gasteiger partial charge on any atom is 0.220 e. The van der Waals surface area contributed by atoms with Crippen molar-refractivity contribution in [1.29, 1.82) is 0 Å². The second-order valence-corrected chi connectivity index (χ2v) is 2.78. The van der Waals surface area contributed by atoms with Gasteiger partial charge in [-0.25, -0.2) is 0 Å². The Hall–Kier alpha value is -0.280. The molecule has 0 unspecified atom stereocenters. The van der Waals surface area contributed by atoms with E-state index in [4.69, 9.17) is 16.3 Å². The van der Waals surface area contributed by atoms with Crippen LogP contribution in [-0.4, -0.2) is 31.5 Å². The molecule has 72 valence electrons. The quantitative estimate of drug-likeness (QED) is 0.487. The molecular formula is C8H16ClNO2. The monoisotopic (exact) mass is 193 g/mol. The summed E-state index contributed by atoms with van der Waals surface area (Å²) in [6.45, 7) is 3.65. The van der Waals surface area contributed by atoms with E-state index in [0.29, 0.717) is 32.1 Å². The number of ether oxygens (including phenoxy) is 1. The molecule has 1 N–H and O–H groups in total. The predicted molar refractivity (Wildman–Crippen MR) is 49.5 cm³/mol. The summed E-state index contributed by atoms with van der Waals surface area (Å²) < 4.78 is 5.06. The molecule has 0 aromatic rings. The van der Waals surface area contributed by atoms with Crippen LogP contribution in [0.1, 0.15) is 19.8 Å². The fourth-order valence-electron chi connectivity index (χ4n) is 0.735. The summed E-state index contributed by atoms with van der Waals surface area (Å²) in [7, 11) is 0. The third kappa shape index (κ3) is 7.82. The molecular weight excluding hydrogens is 178 g/mol. The zero-order valence-electron chi connectivity index (χ0n) is 7.44. The molecule has 0 atom stereocenters. The van der Waals surface area contributed by atoms with Crippen LogP contribution in [0.25, 0.3) is 0 Å². The molecule has 0 spiro atoms. The van der Waals surface area contributed by atoms with E-state index in [1.54, 1.807) is 0 Å². The molecule has 0 aliphatic rings. The van der Waals surface area contributed by atoms with Crippen LogP contribution in [-0.2, 0) is 9.53 Å². The van der Waals surface area contributed by atoms with E-state index in [9.17, 15) is 4.79 Å². The van der Waals surface area contributed by atoms with E-state index >= 15 is 0 Å². The minimum Gasteiger partial charge on any atom is -0.378 e. The topological polar surface area (TPSA) is 38.3 Å². The highest BCUT2D eigenvalue weighted by molar-refractivity contribution is 6.17. The largest absolute Gasteiger partial charge is 0.378 e. The minimum absolute atomic E-state index is 0.0898. The van der Waals surface area contributed by atoms with Gasteiger partial charge in [-0.05, 0) is 6.42 Å². The van der Waals surface area contributed by atoms with Gasteiger partial charge >= 0.3 is 0 Å². The molecule has 1 amide bonds. The van der Waals surface area contributed by atoms with E-state index in [2.05, 4.69) is 5.32 Å². The van der Waals surface area contributed by atoms with Crippen LogP contribution in [0.3, 0.4) is 0 Å². The number of hydrogen-bond donors (Lipinski definition) is 1. The van der Waals surface area contributed by atoms with Crippen molar-refractivity contribution in [3.05, 3.63) is 0 Å². The number of halogens is 1. The highest BCUT2D eigenvalue weighted by atomic mass is 35.5. The zero-order valence-corrected chi connectivity index (χ0v) is 8.19. The van der Waals surface area contributed by atoms with Crippen LogP contribution in [0.15, 0.2) is 0 Å². The van der Waals surface area contributed by atoms with Gasteiger partial charge in [-0.3, -0.25) is 4.79 Å². The lowest BCUT2D eigenvalue weighted by molar-refractivity contribution is -0.121. The van der Waals surface area contributed by atoms with Crippen molar-refractivity contribution in [2.45, 2.75) is 19.8 Å². The molecule has 0 aromatic carbocycles. The Kier molecular flexibility index (Phi) is 8.61. The first-order chi connectivity index (χ1) is 5.81. The molecule has 12 heavy (non-hydrogen) atoms. The Morgan fingerprint density at radius 3 is 2.83 bits per heavy atom. The van der Waals surface area contributed by atoms with Crippen molar-refractivity contribution in [3.63, 3.8) is 0 Å². The van der Waals surface area contributed by atoms with Crippen molar-refractivity contribution in [1.82, 2.24) is 5.32 Å². The first-order valence-corrected chi connectivity index (χ1v) is 4.75. The van der Waals surface area contributed by atoms with Gasteiger partial charge in [-0.15, -0.1) is 11.6 Å². The average Bonchev–Trinajstić information content (AvgIpc) is 2.05. The third-order valence-electron chi connectivity index (χ3n) is 1.27. The van der Waals surface area contributed by atoms with Crippen LogP contribution in [0, 0.1) is 0 Å². The van der Waals surface area contributed by atoms with Crippen molar-refractivity contribution in [2.75, 3.05) is 25.6 Å². The van der Waals surface area contributed by atoms with Crippen LogP contribution >= 0.6 is 11.6 Å². The van der Waals surface area contributed by atoms with Gasteiger partial charge in [0.1, 0.15) is 0 Å². The fraction of sp³-hybridized carbons (Fsp3) is 0.875. The van der Waals surface area contributed by atoms with E-state index in [1.165, 1.54) is 0 Å². The van der Waals surface area contributed by atoms with Crippen molar-refractivity contribution < 1.29 is 9.53 Å². The van der Waals surface area contributed by atoms with Gasteiger partial charge in [-0.2, -0.15) is 0 Å². The Morgan fingerprint density at radius 1 is 1.50 bits per heavy atom. The molecule has 0 saturated heterocycles. The number of nitrogens with one attached hydrogen (secondary N) is 1. The van der Waals surface area contributed by atoms with Crippen LogP contribution in [0.4, 0.5) is 0 Å². The maximum absolute atomic E-state index is 10.9. The summed E-state index contributed by atoms with van der Waals surface area (Å²) in [5, 5.41) is 2.74.